The van der Waals surface area contributed by atoms with Crippen molar-refractivity contribution in [3.05, 3.63) is 65.6 Å². The second-order valence-electron chi connectivity index (χ2n) is 6.74. The van der Waals surface area contributed by atoms with Gasteiger partial charge in [0.25, 0.3) is 0 Å². The second kappa shape index (κ2) is 10.8. The van der Waals surface area contributed by atoms with Crippen molar-refractivity contribution >= 4 is 50.7 Å². The van der Waals surface area contributed by atoms with Gasteiger partial charge in [0.2, 0.25) is 0 Å². The van der Waals surface area contributed by atoms with Crippen LogP contribution in [-0.2, 0) is 16.3 Å². The Hall–Kier alpha value is -2.14. The summed E-state index contributed by atoms with van der Waals surface area (Å²) in [6.07, 6.45) is 2.80. The normalized spacial score (nSPS) is 11.9. The first kappa shape index (κ1) is 24.1. The Morgan fingerprint density at radius 3 is 2.57 bits per heavy atom. The highest BCUT2D eigenvalue weighted by atomic mass is 127. The number of guanidine groups is 1. The lowest BCUT2D eigenvalue weighted by atomic mass is 10.1. The highest BCUT2D eigenvalue weighted by molar-refractivity contribution is 14.0. The topological polar surface area (TPSA) is 86.3 Å². The first-order valence-electron chi connectivity index (χ1n) is 9.40. The van der Waals surface area contributed by atoms with Crippen LogP contribution in [0.4, 0.5) is 4.39 Å². The predicted octanol–water partition coefficient (Wildman–Crippen LogP) is 3.41. The highest BCUT2D eigenvalue weighted by Crippen LogP contribution is 2.21. The predicted molar refractivity (Wildman–Crippen MR) is 130 cm³/mol. The van der Waals surface area contributed by atoms with E-state index < -0.39 is 15.7 Å². The number of aromatic amines is 1. The number of aryl methyl sites for hydroxylation is 1. The molecule has 2 aromatic carbocycles. The van der Waals surface area contributed by atoms with Crippen molar-refractivity contribution in [1.29, 1.82) is 0 Å². The molecule has 0 bridgehead atoms. The van der Waals surface area contributed by atoms with Gasteiger partial charge >= 0.3 is 0 Å². The van der Waals surface area contributed by atoms with Crippen LogP contribution >= 0.6 is 24.0 Å². The fourth-order valence-corrected chi connectivity index (χ4v) is 4.46. The van der Waals surface area contributed by atoms with Gasteiger partial charge in [-0.15, -0.1) is 24.0 Å². The third-order valence-electron chi connectivity index (χ3n) is 4.75. The number of para-hydroxylation sites is 1. The van der Waals surface area contributed by atoms with E-state index in [1.54, 1.807) is 7.05 Å². The van der Waals surface area contributed by atoms with E-state index in [9.17, 15) is 12.8 Å². The fourth-order valence-electron chi connectivity index (χ4n) is 3.22. The lowest BCUT2D eigenvalue weighted by Crippen LogP contribution is -2.40. The molecular weight excluding hydrogens is 518 g/mol. The highest BCUT2D eigenvalue weighted by Gasteiger charge is 2.18. The van der Waals surface area contributed by atoms with Gasteiger partial charge in [0.1, 0.15) is 10.7 Å². The summed E-state index contributed by atoms with van der Waals surface area (Å²) in [5.41, 5.74) is 3.55. The zero-order valence-corrected chi connectivity index (χ0v) is 20.1. The smallest absolute Gasteiger partial charge is 0.191 e. The van der Waals surface area contributed by atoms with Crippen molar-refractivity contribution in [1.82, 2.24) is 15.6 Å². The van der Waals surface area contributed by atoms with Crippen LogP contribution in [0.25, 0.3) is 10.9 Å². The minimum atomic E-state index is -3.70. The number of halogens is 2. The van der Waals surface area contributed by atoms with Crippen LogP contribution in [0.5, 0.6) is 0 Å². The summed E-state index contributed by atoms with van der Waals surface area (Å²) in [4.78, 5) is 7.14. The van der Waals surface area contributed by atoms with Crippen LogP contribution in [0.15, 0.2) is 58.5 Å². The molecule has 0 spiro atoms. The van der Waals surface area contributed by atoms with Gasteiger partial charge in [0.05, 0.1) is 5.75 Å². The molecule has 3 aromatic rings. The molecule has 6 nitrogen and oxygen atoms in total. The number of nitrogens with zero attached hydrogens (tertiary/aromatic N) is 1. The Kier molecular flexibility index (Phi) is 8.65. The number of fused-ring (bicyclic) bond motifs is 1. The number of H-pyrrole nitrogens is 1. The van der Waals surface area contributed by atoms with Crippen molar-refractivity contribution < 1.29 is 12.8 Å². The average Bonchev–Trinajstić information content (AvgIpc) is 3.11. The number of aliphatic imine (C=N–C) groups is 1. The number of sulfone groups is 1. The quantitative estimate of drug-likeness (QED) is 0.242. The second-order valence-corrected chi connectivity index (χ2v) is 8.81. The van der Waals surface area contributed by atoms with E-state index in [1.165, 1.54) is 34.7 Å². The van der Waals surface area contributed by atoms with E-state index in [0.717, 1.165) is 18.0 Å². The summed E-state index contributed by atoms with van der Waals surface area (Å²) in [5, 5.41) is 7.35. The van der Waals surface area contributed by atoms with E-state index in [4.69, 9.17) is 0 Å². The first-order valence-corrected chi connectivity index (χ1v) is 11.0. The minimum Gasteiger partial charge on any atom is -0.361 e. The van der Waals surface area contributed by atoms with Crippen molar-refractivity contribution in [3.8, 4) is 0 Å². The molecule has 0 saturated carbocycles. The summed E-state index contributed by atoms with van der Waals surface area (Å²) in [6.45, 7) is 2.84. The molecule has 3 rings (SSSR count). The van der Waals surface area contributed by atoms with Crippen LogP contribution in [0, 0.1) is 12.7 Å². The lowest BCUT2D eigenvalue weighted by molar-refractivity contribution is 0.566. The summed E-state index contributed by atoms with van der Waals surface area (Å²) < 4.78 is 38.3. The molecule has 0 fully saturated rings. The number of rotatable bonds is 7. The van der Waals surface area contributed by atoms with E-state index >= 15 is 0 Å². The molecule has 0 aliphatic heterocycles. The van der Waals surface area contributed by atoms with Crippen molar-refractivity contribution in [2.75, 3.05) is 25.9 Å². The van der Waals surface area contributed by atoms with Crippen molar-refractivity contribution in [2.45, 2.75) is 18.2 Å². The largest absolute Gasteiger partial charge is 0.361 e. The third kappa shape index (κ3) is 5.72. The van der Waals surface area contributed by atoms with Gasteiger partial charge in [-0.1, -0.05) is 30.3 Å². The number of hydrogen-bond donors (Lipinski definition) is 3. The number of hydrogen-bond acceptors (Lipinski definition) is 3. The molecule has 0 aliphatic rings. The van der Waals surface area contributed by atoms with Crippen LogP contribution in [0.3, 0.4) is 0 Å². The zero-order chi connectivity index (χ0) is 20.9. The number of aromatic nitrogens is 1. The molecule has 0 saturated heterocycles. The summed E-state index contributed by atoms with van der Waals surface area (Å²) >= 11 is 0. The van der Waals surface area contributed by atoms with Gasteiger partial charge in [0, 0.05) is 37.2 Å². The van der Waals surface area contributed by atoms with Gasteiger partial charge in [-0.05, 0) is 36.6 Å². The molecule has 0 aliphatic carbocycles. The Morgan fingerprint density at radius 2 is 1.83 bits per heavy atom. The zero-order valence-electron chi connectivity index (χ0n) is 16.9. The fraction of sp³-hybridized carbons (Fsp3) is 0.286. The summed E-state index contributed by atoms with van der Waals surface area (Å²) in [6, 6.07) is 11.6. The molecule has 0 amide bonds. The van der Waals surface area contributed by atoms with Crippen LogP contribution in [-0.4, -0.2) is 45.3 Å². The van der Waals surface area contributed by atoms with E-state index in [2.05, 4.69) is 39.7 Å². The molecule has 3 N–H and O–H groups in total. The van der Waals surface area contributed by atoms with E-state index in [0.29, 0.717) is 12.5 Å². The number of nitrogens with one attached hydrogen (secondary N) is 3. The average molecular weight is 544 g/mol. The molecule has 1 heterocycles. The monoisotopic (exact) mass is 544 g/mol. The molecule has 1 aromatic heterocycles. The van der Waals surface area contributed by atoms with Crippen LogP contribution in [0.2, 0.25) is 0 Å². The molecule has 162 valence electrons. The Labute approximate surface area is 193 Å². The molecule has 9 heteroatoms. The molecule has 30 heavy (non-hydrogen) atoms. The number of benzene rings is 2. The first-order chi connectivity index (χ1) is 13.9. The van der Waals surface area contributed by atoms with E-state index in [-0.39, 0.29) is 41.2 Å². The standard InChI is InChI=1S/C21H25FN4O2S.HI/c1-15-6-5-7-17-16(14-26-20(15)17)10-11-24-21(23-2)25-12-13-29(27,28)19-9-4-3-8-18(19)22;/h3-9,14,26H,10-13H2,1-2H3,(H2,23,24,25);1H. The van der Waals surface area contributed by atoms with Crippen molar-refractivity contribution in [2.24, 2.45) is 4.99 Å². The maximum absolute atomic E-state index is 13.7. The molecule has 0 radical (unpaired) electrons. The Morgan fingerprint density at radius 1 is 1.10 bits per heavy atom. The summed E-state index contributed by atoms with van der Waals surface area (Å²) in [5.74, 6) is -0.454. The van der Waals surface area contributed by atoms with Crippen molar-refractivity contribution in [3.63, 3.8) is 0 Å². The van der Waals surface area contributed by atoms with Gasteiger partial charge < -0.3 is 15.6 Å². The third-order valence-corrected chi connectivity index (χ3v) is 6.50. The molecule has 0 atom stereocenters. The van der Waals surface area contributed by atoms with Crippen LogP contribution in [0.1, 0.15) is 11.1 Å². The van der Waals surface area contributed by atoms with Gasteiger partial charge in [0.15, 0.2) is 15.8 Å². The van der Waals surface area contributed by atoms with Gasteiger partial charge in [-0.2, -0.15) is 0 Å². The summed E-state index contributed by atoms with van der Waals surface area (Å²) in [7, 11) is -2.08. The molecular formula is C21H26FIN4O2S. The Balaban J connectivity index is 0.00000320. The van der Waals surface area contributed by atoms with E-state index in [1.807, 2.05) is 12.3 Å². The SMILES string of the molecule is CN=C(NCCc1c[nH]c2c(C)cccc12)NCCS(=O)(=O)c1ccccc1F.I. The maximum atomic E-state index is 13.7. The van der Waals surface area contributed by atoms with Gasteiger partial charge in [-0.25, -0.2) is 12.8 Å². The van der Waals surface area contributed by atoms with Gasteiger partial charge in [-0.3, -0.25) is 4.99 Å². The molecule has 0 unspecified atom stereocenters. The Bertz CT molecular complexity index is 1130. The maximum Gasteiger partial charge on any atom is 0.191 e. The van der Waals surface area contributed by atoms with Crippen LogP contribution < -0.4 is 10.6 Å². The lowest BCUT2D eigenvalue weighted by Gasteiger charge is -2.12. The minimum absolute atomic E-state index is 0.